The summed E-state index contributed by atoms with van der Waals surface area (Å²) in [7, 11) is 0. The van der Waals surface area contributed by atoms with Crippen molar-refractivity contribution in [1.29, 1.82) is 0 Å². The number of rotatable bonds is 2. The molecule has 2 nitrogen and oxygen atoms in total. The lowest BCUT2D eigenvalue weighted by Gasteiger charge is -2.40. The van der Waals surface area contributed by atoms with Crippen LogP contribution >= 0.6 is 15.9 Å². The summed E-state index contributed by atoms with van der Waals surface area (Å²) in [4.78, 5) is 2.23. The highest BCUT2D eigenvalue weighted by Gasteiger charge is 2.37. The van der Waals surface area contributed by atoms with Gasteiger partial charge in [-0.25, -0.2) is 4.39 Å². The molecule has 2 aliphatic rings. The Morgan fingerprint density at radius 1 is 1.39 bits per heavy atom. The molecule has 1 aliphatic heterocycles. The van der Waals surface area contributed by atoms with Crippen molar-refractivity contribution in [1.82, 2.24) is 0 Å². The second-order valence-electron chi connectivity index (χ2n) is 4.98. The smallest absolute Gasteiger partial charge is 0.146 e. The second kappa shape index (κ2) is 5.17. The van der Waals surface area contributed by atoms with Crippen molar-refractivity contribution in [2.45, 2.75) is 36.7 Å². The molecule has 1 saturated heterocycles. The van der Waals surface area contributed by atoms with Gasteiger partial charge in [-0.2, -0.15) is 0 Å². The van der Waals surface area contributed by atoms with Crippen LogP contribution in [0.3, 0.4) is 0 Å². The van der Waals surface area contributed by atoms with E-state index in [0.717, 1.165) is 30.6 Å². The summed E-state index contributed by atoms with van der Waals surface area (Å²) in [6.07, 6.45) is 3.70. The normalized spacial score (nSPS) is 27.3. The number of fused-ring (bicyclic) bond motifs is 1. The number of halogens is 2. The topological polar surface area (TPSA) is 12.5 Å². The minimum absolute atomic E-state index is 0.112. The summed E-state index contributed by atoms with van der Waals surface area (Å²) in [6, 6.07) is 5.68. The van der Waals surface area contributed by atoms with Crippen molar-refractivity contribution in [3.05, 3.63) is 29.6 Å². The molecule has 98 valence electrons. The van der Waals surface area contributed by atoms with Crippen LogP contribution in [0.4, 0.5) is 10.1 Å². The van der Waals surface area contributed by atoms with E-state index < -0.39 is 0 Å². The summed E-state index contributed by atoms with van der Waals surface area (Å²) >= 11 is 3.46. The van der Waals surface area contributed by atoms with Crippen LogP contribution in [0, 0.1) is 5.82 Å². The van der Waals surface area contributed by atoms with Crippen LogP contribution in [-0.2, 0) is 10.1 Å². The number of nitrogens with zero attached hydrogens (tertiary/aromatic N) is 1. The second-order valence-corrected chi connectivity index (χ2v) is 5.54. The Morgan fingerprint density at radius 2 is 2.28 bits per heavy atom. The molecular formula is C14H17BrFNO. The zero-order valence-corrected chi connectivity index (χ0v) is 11.8. The molecule has 1 aromatic carbocycles. The first kappa shape index (κ1) is 12.4. The Morgan fingerprint density at radius 3 is 3.11 bits per heavy atom. The van der Waals surface area contributed by atoms with E-state index in [4.69, 9.17) is 4.74 Å². The van der Waals surface area contributed by atoms with Crippen LogP contribution in [0.5, 0.6) is 0 Å². The van der Waals surface area contributed by atoms with Gasteiger partial charge in [0.05, 0.1) is 24.4 Å². The monoisotopic (exact) mass is 313 g/mol. The molecule has 18 heavy (non-hydrogen) atoms. The summed E-state index contributed by atoms with van der Waals surface area (Å²) in [6.45, 7) is 1.50. The molecular weight excluding hydrogens is 297 g/mol. The van der Waals surface area contributed by atoms with E-state index in [0.29, 0.717) is 24.1 Å². The van der Waals surface area contributed by atoms with Gasteiger partial charge in [0.15, 0.2) is 0 Å². The fourth-order valence-electron chi connectivity index (χ4n) is 3.19. The predicted octanol–water partition coefficient (Wildman–Crippen LogP) is 3.48. The number of alkyl halides is 1. The Kier molecular flexibility index (Phi) is 3.57. The molecule has 0 radical (unpaired) electrons. The average Bonchev–Trinajstić information content (AvgIpc) is 2.86. The van der Waals surface area contributed by atoms with Crippen molar-refractivity contribution < 1.29 is 9.13 Å². The van der Waals surface area contributed by atoms with Gasteiger partial charge in [0, 0.05) is 11.9 Å². The largest absolute Gasteiger partial charge is 0.374 e. The number of benzene rings is 1. The highest BCUT2D eigenvalue weighted by molar-refractivity contribution is 9.08. The maximum atomic E-state index is 14.2. The third-order valence-corrected chi connectivity index (χ3v) is 4.59. The lowest BCUT2D eigenvalue weighted by Crippen LogP contribution is -2.49. The average molecular weight is 314 g/mol. The Hall–Kier alpha value is -0.610. The lowest BCUT2D eigenvalue weighted by atomic mass is 10.1. The molecule has 2 fully saturated rings. The molecule has 2 atom stereocenters. The van der Waals surface area contributed by atoms with Gasteiger partial charge in [0.2, 0.25) is 0 Å². The molecule has 0 N–H and O–H groups in total. The number of para-hydroxylation sites is 1. The van der Waals surface area contributed by atoms with Gasteiger partial charge in [0.25, 0.3) is 0 Å². The maximum absolute atomic E-state index is 14.2. The number of hydrogen-bond donors (Lipinski definition) is 0. The Labute approximate surface area is 115 Å². The van der Waals surface area contributed by atoms with Crippen LogP contribution in [0.1, 0.15) is 24.8 Å². The third kappa shape index (κ3) is 2.05. The third-order valence-electron chi connectivity index (χ3n) is 3.98. The van der Waals surface area contributed by atoms with Crippen LogP contribution in [0.2, 0.25) is 0 Å². The molecule has 0 bridgehead atoms. The highest BCUT2D eigenvalue weighted by atomic mass is 79.9. The number of ether oxygens (including phenoxy) is 1. The summed E-state index contributed by atoms with van der Waals surface area (Å²) in [5.41, 5.74) is 1.80. The van der Waals surface area contributed by atoms with E-state index in [9.17, 15) is 4.39 Å². The van der Waals surface area contributed by atoms with E-state index >= 15 is 0 Å². The minimum Gasteiger partial charge on any atom is -0.374 e. The van der Waals surface area contributed by atoms with E-state index in [1.54, 1.807) is 12.1 Å². The van der Waals surface area contributed by atoms with Gasteiger partial charge in [-0.05, 0) is 30.9 Å². The van der Waals surface area contributed by atoms with Gasteiger partial charge >= 0.3 is 0 Å². The summed E-state index contributed by atoms with van der Waals surface area (Å²) in [5.74, 6) is -0.112. The van der Waals surface area contributed by atoms with E-state index in [2.05, 4.69) is 20.8 Å². The predicted molar refractivity (Wildman–Crippen MR) is 73.8 cm³/mol. The first-order valence-corrected chi connectivity index (χ1v) is 7.65. The van der Waals surface area contributed by atoms with Crippen molar-refractivity contribution in [2.75, 3.05) is 18.1 Å². The molecule has 1 saturated carbocycles. The molecule has 1 aromatic rings. The maximum Gasteiger partial charge on any atom is 0.146 e. The standard InChI is InChI=1S/C14H17BrFNO/c15-9-10-3-1-4-11(16)14(10)17-7-8-18-13-6-2-5-12(13)17/h1,3-4,12-13H,2,5-9H2. The number of anilines is 1. The molecule has 0 spiro atoms. The fourth-order valence-corrected chi connectivity index (χ4v) is 3.65. The van der Waals surface area contributed by atoms with Crippen LogP contribution in [0.15, 0.2) is 18.2 Å². The van der Waals surface area contributed by atoms with Crippen molar-refractivity contribution in [3.63, 3.8) is 0 Å². The molecule has 0 aromatic heterocycles. The van der Waals surface area contributed by atoms with Crippen LogP contribution < -0.4 is 4.90 Å². The number of morpholine rings is 1. The molecule has 2 unspecified atom stereocenters. The molecule has 1 heterocycles. The van der Waals surface area contributed by atoms with Crippen LogP contribution in [0.25, 0.3) is 0 Å². The minimum atomic E-state index is -0.112. The first-order valence-electron chi connectivity index (χ1n) is 6.53. The summed E-state index contributed by atoms with van der Waals surface area (Å²) in [5, 5.41) is 0.689. The summed E-state index contributed by atoms with van der Waals surface area (Å²) < 4.78 is 20.0. The highest BCUT2D eigenvalue weighted by Crippen LogP contribution is 2.36. The molecule has 1 aliphatic carbocycles. The number of hydrogen-bond acceptors (Lipinski definition) is 2. The SMILES string of the molecule is Fc1cccc(CBr)c1N1CCOC2CCCC21. The van der Waals surface area contributed by atoms with Crippen LogP contribution in [-0.4, -0.2) is 25.3 Å². The quantitative estimate of drug-likeness (QED) is 0.775. The fraction of sp³-hybridized carbons (Fsp3) is 0.571. The zero-order chi connectivity index (χ0) is 12.5. The van der Waals surface area contributed by atoms with Crippen molar-refractivity contribution in [2.24, 2.45) is 0 Å². The lowest BCUT2D eigenvalue weighted by molar-refractivity contribution is 0.0253. The van der Waals surface area contributed by atoms with Crippen molar-refractivity contribution >= 4 is 21.6 Å². The molecule has 0 amide bonds. The van der Waals surface area contributed by atoms with E-state index in [-0.39, 0.29) is 5.82 Å². The van der Waals surface area contributed by atoms with Crippen molar-refractivity contribution in [3.8, 4) is 0 Å². The molecule has 3 rings (SSSR count). The Balaban J connectivity index is 1.98. The van der Waals surface area contributed by atoms with Gasteiger partial charge in [-0.1, -0.05) is 28.1 Å². The first-order chi connectivity index (χ1) is 8.81. The van der Waals surface area contributed by atoms with Gasteiger partial charge in [0.1, 0.15) is 5.82 Å². The van der Waals surface area contributed by atoms with E-state index in [1.165, 1.54) is 6.42 Å². The Bertz CT molecular complexity index is 440. The van der Waals surface area contributed by atoms with E-state index in [1.807, 2.05) is 6.07 Å². The van der Waals surface area contributed by atoms with Gasteiger partial charge in [-0.15, -0.1) is 0 Å². The molecule has 4 heteroatoms. The van der Waals surface area contributed by atoms with Gasteiger partial charge < -0.3 is 9.64 Å². The zero-order valence-electron chi connectivity index (χ0n) is 10.2. The van der Waals surface area contributed by atoms with Gasteiger partial charge in [-0.3, -0.25) is 0 Å².